The van der Waals surface area contributed by atoms with Crippen molar-refractivity contribution in [2.45, 2.75) is 0 Å². The Morgan fingerprint density at radius 2 is 1.71 bits per heavy atom. The normalized spacial score (nSPS) is 10.7. The molecule has 3 aromatic carbocycles. The molecule has 3 rings (SSSR count). The number of halogens is 3. The largest absolute Gasteiger partial charge is 0.482 e. The van der Waals surface area contributed by atoms with E-state index in [-0.39, 0.29) is 11.6 Å². The van der Waals surface area contributed by atoms with E-state index in [1.165, 1.54) is 12.3 Å². The Kier molecular flexibility index (Phi) is 7.89. The van der Waals surface area contributed by atoms with E-state index in [0.717, 1.165) is 0 Å². The van der Waals surface area contributed by atoms with Crippen LogP contribution in [0.1, 0.15) is 15.9 Å². The minimum Gasteiger partial charge on any atom is -0.482 e. The average Bonchev–Trinajstić information content (AvgIpc) is 2.76. The van der Waals surface area contributed by atoms with E-state index in [2.05, 4.69) is 10.5 Å². The van der Waals surface area contributed by atoms with Gasteiger partial charge in [-0.25, -0.2) is 10.2 Å². The molecule has 0 unspecified atom stereocenters. The standard InChI is InChI=1S/C22H15Cl3N2O4/c23-16-4-1-3-15(11-16)22(29)31-17-9-7-14(8-10-17)12-26-27-20(28)13-30-19-6-2-5-18(24)21(19)25/h1-12H,13H2,(H,27,28). The first-order chi connectivity index (χ1) is 14.9. The third-order valence-electron chi connectivity index (χ3n) is 3.83. The number of esters is 1. The molecule has 3 aromatic rings. The van der Waals surface area contributed by atoms with Gasteiger partial charge in [0.2, 0.25) is 0 Å². The second-order valence-corrected chi connectivity index (χ2v) is 7.32. The lowest BCUT2D eigenvalue weighted by Gasteiger charge is -2.07. The molecule has 0 aromatic heterocycles. The quantitative estimate of drug-likeness (QED) is 0.214. The van der Waals surface area contributed by atoms with Crippen molar-refractivity contribution in [3.8, 4) is 11.5 Å². The molecule has 1 amide bonds. The molecule has 9 heteroatoms. The van der Waals surface area contributed by atoms with E-state index in [1.807, 2.05) is 0 Å². The molecule has 1 N–H and O–H groups in total. The van der Waals surface area contributed by atoms with Gasteiger partial charge in [-0.1, -0.05) is 46.9 Å². The summed E-state index contributed by atoms with van der Waals surface area (Å²) in [5.41, 5.74) is 3.37. The molecule has 0 heterocycles. The Balaban J connectivity index is 1.48. The van der Waals surface area contributed by atoms with Gasteiger partial charge in [0.25, 0.3) is 5.91 Å². The van der Waals surface area contributed by atoms with Crippen LogP contribution in [0, 0.1) is 0 Å². The van der Waals surface area contributed by atoms with Gasteiger partial charge in [-0.05, 0) is 60.2 Å². The fourth-order valence-corrected chi connectivity index (χ4v) is 2.89. The third kappa shape index (κ3) is 6.72. The maximum atomic E-state index is 12.1. The van der Waals surface area contributed by atoms with Gasteiger partial charge in [-0.2, -0.15) is 5.10 Å². The zero-order valence-corrected chi connectivity index (χ0v) is 18.1. The fraction of sp³-hybridized carbons (Fsp3) is 0.0455. The minimum absolute atomic E-state index is 0.233. The number of carbonyl (C=O) groups excluding carboxylic acids is 2. The van der Waals surface area contributed by atoms with E-state index in [4.69, 9.17) is 44.3 Å². The number of nitrogens with one attached hydrogen (secondary N) is 1. The van der Waals surface area contributed by atoms with Gasteiger partial charge in [0, 0.05) is 5.02 Å². The summed E-state index contributed by atoms with van der Waals surface area (Å²) >= 11 is 17.8. The summed E-state index contributed by atoms with van der Waals surface area (Å²) in [6, 6.07) is 17.9. The predicted molar refractivity (Wildman–Crippen MR) is 121 cm³/mol. The highest BCUT2D eigenvalue weighted by Gasteiger charge is 2.09. The van der Waals surface area contributed by atoms with Crippen LogP contribution in [0.25, 0.3) is 0 Å². The average molecular weight is 478 g/mol. The van der Waals surface area contributed by atoms with Crippen molar-refractivity contribution in [3.63, 3.8) is 0 Å². The maximum Gasteiger partial charge on any atom is 0.343 e. The van der Waals surface area contributed by atoms with Crippen molar-refractivity contribution in [1.82, 2.24) is 5.43 Å². The number of nitrogens with zero attached hydrogens (tertiary/aromatic N) is 1. The van der Waals surface area contributed by atoms with Crippen LogP contribution in [-0.2, 0) is 4.79 Å². The van der Waals surface area contributed by atoms with Crippen molar-refractivity contribution in [3.05, 3.63) is 92.9 Å². The predicted octanol–water partition coefficient (Wildman–Crippen LogP) is 5.40. The third-order valence-corrected chi connectivity index (χ3v) is 4.87. The number of hydrogen-bond acceptors (Lipinski definition) is 5. The number of amides is 1. The Morgan fingerprint density at radius 1 is 0.968 bits per heavy atom. The first kappa shape index (κ1) is 22.6. The molecule has 0 fully saturated rings. The van der Waals surface area contributed by atoms with Crippen LogP contribution in [-0.4, -0.2) is 24.7 Å². The monoisotopic (exact) mass is 476 g/mol. The highest BCUT2D eigenvalue weighted by molar-refractivity contribution is 6.42. The molecular weight excluding hydrogens is 463 g/mol. The molecule has 0 aliphatic carbocycles. The van der Waals surface area contributed by atoms with E-state index in [9.17, 15) is 9.59 Å². The second kappa shape index (κ2) is 10.8. The van der Waals surface area contributed by atoms with Gasteiger partial charge in [-0.15, -0.1) is 0 Å². The zero-order chi connectivity index (χ0) is 22.2. The summed E-state index contributed by atoms with van der Waals surface area (Å²) < 4.78 is 10.6. The number of benzene rings is 3. The lowest BCUT2D eigenvalue weighted by atomic mass is 10.2. The number of carbonyl (C=O) groups is 2. The molecule has 0 saturated heterocycles. The number of hydrazone groups is 1. The van der Waals surface area contributed by atoms with Crippen molar-refractivity contribution in [1.29, 1.82) is 0 Å². The Hall–Kier alpha value is -3.06. The van der Waals surface area contributed by atoms with Crippen LogP contribution in [0.5, 0.6) is 11.5 Å². The van der Waals surface area contributed by atoms with Crippen LogP contribution in [0.2, 0.25) is 15.1 Å². The van der Waals surface area contributed by atoms with Crippen LogP contribution in [0.4, 0.5) is 0 Å². The summed E-state index contributed by atoms with van der Waals surface area (Å²) in [6.45, 7) is -0.282. The summed E-state index contributed by atoms with van der Waals surface area (Å²) in [4.78, 5) is 24.0. The van der Waals surface area contributed by atoms with Gasteiger partial charge < -0.3 is 9.47 Å². The summed E-state index contributed by atoms with van der Waals surface area (Å²) in [5, 5.41) is 4.87. The second-order valence-electron chi connectivity index (χ2n) is 6.10. The molecule has 0 aliphatic rings. The van der Waals surface area contributed by atoms with Crippen molar-refractivity contribution >= 4 is 52.9 Å². The molecule has 0 aliphatic heterocycles. The summed E-state index contributed by atoms with van der Waals surface area (Å²) in [6.07, 6.45) is 1.44. The van der Waals surface area contributed by atoms with Crippen LogP contribution < -0.4 is 14.9 Å². The molecule has 158 valence electrons. The van der Waals surface area contributed by atoms with Crippen molar-refractivity contribution in [2.75, 3.05) is 6.61 Å². The Morgan fingerprint density at radius 3 is 2.45 bits per heavy atom. The van der Waals surface area contributed by atoms with Crippen LogP contribution >= 0.6 is 34.8 Å². The topological polar surface area (TPSA) is 77.0 Å². The smallest absolute Gasteiger partial charge is 0.343 e. The highest BCUT2D eigenvalue weighted by atomic mass is 35.5. The van der Waals surface area contributed by atoms with Crippen molar-refractivity contribution in [2.24, 2.45) is 5.10 Å². The molecule has 6 nitrogen and oxygen atoms in total. The maximum absolute atomic E-state index is 12.1. The number of rotatable bonds is 7. The van der Waals surface area contributed by atoms with E-state index in [1.54, 1.807) is 60.7 Å². The lowest BCUT2D eigenvalue weighted by Crippen LogP contribution is -2.24. The minimum atomic E-state index is -0.518. The Labute approximate surface area is 193 Å². The molecule has 0 saturated carbocycles. The van der Waals surface area contributed by atoms with Gasteiger partial charge in [-0.3, -0.25) is 4.79 Å². The van der Waals surface area contributed by atoms with E-state index < -0.39 is 11.9 Å². The van der Waals surface area contributed by atoms with E-state index >= 15 is 0 Å². The van der Waals surface area contributed by atoms with Gasteiger partial charge in [0.05, 0.1) is 16.8 Å². The molecule has 0 atom stereocenters. The molecular formula is C22H15Cl3N2O4. The fourth-order valence-electron chi connectivity index (χ4n) is 2.35. The van der Waals surface area contributed by atoms with Crippen LogP contribution in [0.3, 0.4) is 0 Å². The molecule has 31 heavy (non-hydrogen) atoms. The first-order valence-electron chi connectivity index (χ1n) is 8.89. The van der Waals surface area contributed by atoms with Crippen LogP contribution in [0.15, 0.2) is 71.8 Å². The van der Waals surface area contributed by atoms with Gasteiger partial charge >= 0.3 is 5.97 Å². The Bertz CT molecular complexity index is 1120. The van der Waals surface area contributed by atoms with Gasteiger partial charge in [0.15, 0.2) is 6.61 Å². The summed E-state index contributed by atoms with van der Waals surface area (Å²) in [5.74, 6) is -0.329. The molecule has 0 spiro atoms. The van der Waals surface area contributed by atoms with E-state index in [0.29, 0.717) is 32.7 Å². The highest BCUT2D eigenvalue weighted by Crippen LogP contribution is 2.31. The van der Waals surface area contributed by atoms with Crippen molar-refractivity contribution < 1.29 is 19.1 Å². The SMILES string of the molecule is O=C(COc1cccc(Cl)c1Cl)NN=Cc1ccc(OC(=O)c2cccc(Cl)c2)cc1. The molecule has 0 bridgehead atoms. The van der Waals surface area contributed by atoms with Gasteiger partial charge in [0.1, 0.15) is 16.5 Å². The number of ether oxygens (including phenoxy) is 2. The number of hydrogen-bond donors (Lipinski definition) is 1. The molecule has 0 radical (unpaired) electrons. The zero-order valence-electron chi connectivity index (χ0n) is 15.8. The first-order valence-corrected chi connectivity index (χ1v) is 10.0. The summed E-state index contributed by atoms with van der Waals surface area (Å²) in [7, 11) is 0. The lowest BCUT2D eigenvalue weighted by molar-refractivity contribution is -0.123.